The van der Waals surface area contributed by atoms with Gasteiger partial charge < -0.3 is 10.8 Å². The van der Waals surface area contributed by atoms with Gasteiger partial charge in [-0.2, -0.15) is 0 Å². The lowest BCUT2D eigenvalue weighted by Gasteiger charge is -2.15. The average molecular weight is 332 g/mol. The van der Waals surface area contributed by atoms with E-state index in [0.29, 0.717) is 9.50 Å². The smallest absolute Gasteiger partial charge is 0.130 e. The first kappa shape index (κ1) is 13.3. The molecule has 3 N–H and O–H groups in total. The van der Waals surface area contributed by atoms with E-state index in [1.165, 1.54) is 24.4 Å². The fraction of sp³-hybridized carbons (Fsp3) is 0.0833. The lowest BCUT2D eigenvalue weighted by atomic mass is 10.0. The van der Waals surface area contributed by atoms with E-state index in [1.807, 2.05) is 0 Å². The van der Waals surface area contributed by atoms with Gasteiger partial charge in [0.05, 0.1) is 5.02 Å². The molecule has 1 unspecified atom stereocenters. The number of anilines is 1. The van der Waals surface area contributed by atoms with Crippen LogP contribution in [0.15, 0.2) is 34.9 Å². The van der Waals surface area contributed by atoms with Gasteiger partial charge in [0.15, 0.2) is 0 Å². The molecule has 0 bridgehead atoms. The molecular formula is C12H9BrClFN2O. The third-order valence-corrected chi connectivity index (χ3v) is 3.38. The number of hydrogen-bond acceptors (Lipinski definition) is 3. The van der Waals surface area contributed by atoms with E-state index >= 15 is 0 Å². The molecule has 0 aliphatic heterocycles. The molecule has 2 aromatic rings. The van der Waals surface area contributed by atoms with Crippen molar-refractivity contribution in [2.45, 2.75) is 6.10 Å². The molecule has 0 saturated heterocycles. The number of nitrogens with zero attached hydrogens (tertiary/aromatic N) is 1. The number of halogens is 3. The van der Waals surface area contributed by atoms with Crippen molar-refractivity contribution in [1.29, 1.82) is 0 Å². The molecule has 1 atom stereocenters. The number of nitrogen functional groups attached to an aromatic ring is 1. The van der Waals surface area contributed by atoms with Crippen LogP contribution in [0.1, 0.15) is 17.2 Å². The highest BCUT2D eigenvalue weighted by atomic mass is 79.9. The third kappa shape index (κ3) is 2.48. The van der Waals surface area contributed by atoms with E-state index < -0.39 is 11.9 Å². The number of nitrogens with two attached hydrogens (primary N) is 1. The Labute approximate surface area is 117 Å². The van der Waals surface area contributed by atoms with Gasteiger partial charge in [-0.05, 0) is 18.2 Å². The number of hydrogen-bond donors (Lipinski definition) is 2. The van der Waals surface area contributed by atoms with Gasteiger partial charge in [-0.15, -0.1) is 0 Å². The summed E-state index contributed by atoms with van der Waals surface area (Å²) >= 11 is 8.99. The highest BCUT2D eigenvalue weighted by Gasteiger charge is 2.21. The van der Waals surface area contributed by atoms with Crippen LogP contribution in [0.2, 0.25) is 5.02 Å². The summed E-state index contributed by atoms with van der Waals surface area (Å²) in [4.78, 5) is 3.83. The summed E-state index contributed by atoms with van der Waals surface area (Å²) in [5, 5.41) is 10.5. The van der Waals surface area contributed by atoms with Crippen LogP contribution >= 0.6 is 27.5 Å². The van der Waals surface area contributed by atoms with Gasteiger partial charge in [0.2, 0.25) is 0 Å². The van der Waals surface area contributed by atoms with E-state index in [-0.39, 0.29) is 16.9 Å². The molecule has 3 nitrogen and oxygen atoms in total. The van der Waals surface area contributed by atoms with Gasteiger partial charge in [0, 0.05) is 21.8 Å². The number of aliphatic hydroxyl groups excluding tert-OH is 1. The van der Waals surface area contributed by atoms with Crippen LogP contribution in [0.4, 0.5) is 10.2 Å². The fourth-order valence-corrected chi connectivity index (χ4v) is 2.34. The zero-order valence-electron chi connectivity index (χ0n) is 9.07. The Morgan fingerprint density at radius 1 is 1.44 bits per heavy atom. The third-order valence-electron chi connectivity index (χ3n) is 2.48. The maximum Gasteiger partial charge on any atom is 0.130 e. The molecule has 1 aromatic heterocycles. The monoisotopic (exact) mass is 330 g/mol. The Balaban J connectivity index is 2.54. The van der Waals surface area contributed by atoms with Gasteiger partial charge in [0.25, 0.3) is 0 Å². The largest absolute Gasteiger partial charge is 0.383 e. The zero-order valence-corrected chi connectivity index (χ0v) is 11.4. The lowest BCUT2D eigenvalue weighted by Crippen LogP contribution is -2.08. The van der Waals surface area contributed by atoms with E-state index in [4.69, 9.17) is 17.3 Å². The zero-order chi connectivity index (χ0) is 13.3. The predicted octanol–water partition coefficient (Wildman–Crippen LogP) is 3.30. The minimum atomic E-state index is -1.23. The second-order valence-electron chi connectivity index (χ2n) is 3.67. The van der Waals surface area contributed by atoms with Gasteiger partial charge in [0.1, 0.15) is 17.7 Å². The molecule has 2 rings (SSSR count). The summed E-state index contributed by atoms with van der Waals surface area (Å²) in [5.74, 6) is -0.418. The lowest BCUT2D eigenvalue weighted by molar-refractivity contribution is 0.214. The van der Waals surface area contributed by atoms with Crippen molar-refractivity contribution in [3.8, 4) is 0 Å². The Hall–Kier alpha value is -1.17. The molecule has 94 valence electrons. The molecule has 18 heavy (non-hydrogen) atoms. The van der Waals surface area contributed by atoms with Gasteiger partial charge >= 0.3 is 0 Å². The van der Waals surface area contributed by atoms with Crippen molar-refractivity contribution < 1.29 is 9.50 Å². The highest BCUT2D eigenvalue weighted by Crippen LogP contribution is 2.33. The predicted molar refractivity (Wildman–Crippen MR) is 71.8 cm³/mol. The van der Waals surface area contributed by atoms with Crippen molar-refractivity contribution in [1.82, 2.24) is 4.98 Å². The van der Waals surface area contributed by atoms with Crippen LogP contribution in [0, 0.1) is 5.82 Å². The molecule has 0 aliphatic carbocycles. The number of pyridine rings is 1. The number of aromatic nitrogens is 1. The maximum atomic E-state index is 13.7. The molecular weight excluding hydrogens is 322 g/mol. The van der Waals surface area contributed by atoms with Crippen LogP contribution in [0.3, 0.4) is 0 Å². The molecule has 0 fully saturated rings. The summed E-state index contributed by atoms with van der Waals surface area (Å²) in [7, 11) is 0. The molecule has 0 amide bonds. The van der Waals surface area contributed by atoms with Gasteiger partial charge in [-0.3, -0.25) is 0 Å². The molecule has 0 radical (unpaired) electrons. The number of benzene rings is 1. The summed E-state index contributed by atoms with van der Waals surface area (Å²) in [6.45, 7) is 0. The summed E-state index contributed by atoms with van der Waals surface area (Å²) in [5.41, 5.74) is 6.04. The quantitative estimate of drug-likeness (QED) is 0.887. The van der Waals surface area contributed by atoms with Crippen LogP contribution in [-0.4, -0.2) is 10.1 Å². The minimum absolute atomic E-state index is 0.105. The van der Waals surface area contributed by atoms with Crippen molar-refractivity contribution in [3.05, 3.63) is 56.9 Å². The van der Waals surface area contributed by atoms with Crippen LogP contribution < -0.4 is 5.73 Å². The van der Waals surface area contributed by atoms with Crippen LogP contribution in [0.25, 0.3) is 0 Å². The standard InChI is InChI=1S/C12H9BrClFN2O/c13-8-2-1-3-9(15)10(8)11(18)7-4-6(14)5-17-12(7)16/h1-5,11,18H,(H2,16,17). The molecule has 0 aliphatic rings. The highest BCUT2D eigenvalue weighted by molar-refractivity contribution is 9.10. The Kier molecular flexibility index (Phi) is 3.85. The molecule has 0 saturated carbocycles. The second kappa shape index (κ2) is 5.22. The van der Waals surface area contributed by atoms with E-state index in [9.17, 15) is 9.50 Å². The molecule has 0 spiro atoms. The van der Waals surface area contributed by atoms with E-state index in [0.717, 1.165) is 0 Å². The first-order chi connectivity index (χ1) is 8.50. The topological polar surface area (TPSA) is 59.1 Å². The maximum absolute atomic E-state index is 13.7. The first-order valence-corrected chi connectivity index (χ1v) is 6.20. The second-order valence-corrected chi connectivity index (χ2v) is 4.96. The molecule has 6 heteroatoms. The van der Waals surface area contributed by atoms with Crippen molar-refractivity contribution in [3.63, 3.8) is 0 Å². The summed E-state index contributed by atoms with van der Waals surface area (Å²) in [6, 6.07) is 5.90. The SMILES string of the molecule is Nc1ncc(Cl)cc1C(O)c1c(F)cccc1Br. The first-order valence-electron chi connectivity index (χ1n) is 5.03. The fourth-order valence-electron chi connectivity index (χ4n) is 1.61. The van der Waals surface area contributed by atoms with Gasteiger partial charge in [-0.1, -0.05) is 33.6 Å². The normalized spacial score (nSPS) is 12.4. The van der Waals surface area contributed by atoms with E-state index in [2.05, 4.69) is 20.9 Å². The number of aliphatic hydroxyl groups is 1. The van der Waals surface area contributed by atoms with Crippen LogP contribution in [-0.2, 0) is 0 Å². The number of rotatable bonds is 2. The van der Waals surface area contributed by atoms with E-state index in [1.54, 1.807) is 6.07 Å². The van der Waals surface area contributed by atoms with Crippen LogP contribution in [0.5, 0.6) is 0 Å². The minimum Gasteiger partial charge on any atom is -0.383 e. The molecule has 1 aromatic carbocycles. The van der Waals surface area contributed by atoms with Gasteiger partial charge in [-0.25, -0.2) is 9.37 Å². The van der Waals surface area contributed by atoms with Crippen molar-refractivity contribution in [2.24, 2.45) is 0 Å². The summed E-state index contributed by atoms with van der Waals surface area (Å²) < 4.78 is 14.2. The molecule has 1 heterocycles. The Morgan fingerprint density at radius 3 is 2.83 bits per heavy atom. The van der Waals surface area contributed by atoms with Crippen molar-refractivity contribution >= 4 is 33.3 Å². The average Bonchev–Trinajstić information content (AvgIpc) is 2.32. The van der Waals surface area contributed by atoms with Crippen molar-refractivity contribution in [2.75, 3.05) is 5.73 Å². The summed E-state index contributed by atoms with van der Waals surface area (Å²) in [6.07, 6.45) is 0.135. The Bertz CT molecular complexity index is 574. The Morgan fingerprint density at radius 2 is 2.17 bits per heavy atom.